The fourth-order valence-electron chi connectivity index (χ4n) is 2.98. The van der Waals surface area contributed by atoms with Crippen LogP contribution in [-0.4, -0.2) is 24.6 Å². The SMILES string of the molecule is NC(=O)c1c(NC(=O)NC2CCCC2)sc2c1CCOC2. The highest BCUT2D eigenvalue weighted by Gasteiger charge is 2.26. The maximum atomic E-state index is 12.1. The molecule has 4 N–H and O–H groups in total. The second kappa shape index (κ2) is 6.03. The molecule has 0 spiro atoms. The van der Waals surface area contributed by atoms with Gasteiger partial charge in [-0.25, -0.2) is 4.79 Å². The largest absolute Gasteiger partial charge is 0.376 e. The number of rotatable bonds is 3. The van der Waals surface area contributed by atoms with Crippen molar-refractivity contribution < 1.29 is 14.3 Å². The lowest BCUT2D eigenvalue weighted by Crippen LogP contribution is -2.36. The number of fused-ring (bicyclic) bond motifs is 1. The molecular weight excluding hydrogens is 290 g/mol. The third-order valence-corrected chi connectivity index (χ3v) is 5.11. The van der Waals surface area contributed by atoms with E-state index in [1.165, 1.54) is 11.3 Å². The summed E-state index contributed by atoms with van der Waals surface area (Å²) >= 11 is 1.38. The Bertz CT molecular complexity index is 564. The van der Waals surface area contributed by atoms with Crippen LogP contribution in [0, 0.1) is 0 Å². The highest BCUT2D eigenvalue weighted by Crippen LogP contribution is 2.36. The Balaban J connectivity index is 1.76. The molecule has 0 unspecified atom stereocenters. The van der Waals surface area contributed by atoms with Crippen LogP contribution in [0.1, 0.15) is 46.5 Å². The molecule has 3 rings (SSSR count). The zero-order chi connectivity index (χ0) is 14.8. The van der Waals surface area contributed by atoms with Crippen LogP contribution in [0.15, 0.2) is 0 Å². The summed E-state index contributed by atoms with van der Waals surface area (Å²) in [4.78, 5) is 24.7. The Hall–Kier alpha value is -1.60. The first-order valence-electron chi connectivity index (χ1n) is 7.24. The summed E-state index contributed by atoms with van der Waals surface area (Å²) in [6.07, 6.45) is 5.01. The quantitative estimate of drug-likeness (QED) is 0.797. The minimum atomic E-state index is -0.495. The molecule has 0 saturated heterocycles. The number of thiophene rings is 1. The van der Waals surface area contributed by atoms with Gasteiger partial charge in [0.2, 0.25) is 0 Å². The predicted octanol–water partition coefficient (Wildman–Crippen LogP) is 1.98. The first-order chi connectivity index (χ1) is 10.1. The van der Waals surface area contributed by atoms with Gasteiger partial charge in [0.1, 0.15) is 5.00 Å². The van der Waals surface area contributed by atoms with Crippen LogP contribution in [0.25, 0.3) is 0 Å². The molecule has 2 heterocycles. The number of carbonyl (C=O) groups is 2. The first-order valence-corrected chi connectivity index (χ1v) is 8.06. The number of carbonyl (C=O) groups excluding carboxylic acids is 2. The van der Waals surface area contributed by atoms with Crippen molar-refractivity contribution in [3.8, 4) is 0 Å². The third-order valence-electron chi connectivity index (χ3n) is 3.98. The lowest BCUT2D eigenvalue weighted by atomic mass is 10.1. The van der Waals surface area contributed by atoms with Gasteiger partial charge in [-0.1, -0.05) is 12.8 Å². The average molecular weight is 309 g/mol. The minimum Gasteiger partial charge on any atom is -0.376 e. The number of nitrogens with one attached hydrogen (secondary N) is 2. The smallest absolute Gasteiger partial charge is 0.320 e. The monoisotopic (exact) mass is 309 g/mol. The number of hydrogen-bond donors (Lipinski definition) is 3. The number of nitrogens with two attached hydrogens (primary N) is 1. The van der Waals surface area contributed by atoms with E-state index in [2.05, 4.69) is 10.6 Å². The number of ether oxygens (including phenoxy) is 1. The van der Waals surface area contributed by atoms with Crippen molar-refractivity contribution in [3.05, 3.63) is 16.0 Å². The van der Waals surface area contributed by atoms with Crippen LogP contribution in [0.3, 0.4) is 0 Å². The summed E-state index contributed by atoms with van der Waals surface area (Å²) in [5.74, 6) is -0.495. The van der Waals surface area contributed by atoms with Gasteiger partial charge in [-0.15, -0.1) is 11.3 Å². The van der Waals surface area contributed by atoms with Crippen molar-refractivity contribution >= 4 is 28.3 Å². The highest BCUT2D eigenvalue weighted by atomic mass is 32.1. The number of amides is 3. The maximum Gasteiger partial charge on any atom is 0.320 e. The van der Waals surface area contributed by atoms with Crippen LogP contribution in [0.5, 0.6) is 0 Å². The van der Waals surface area contributed by atoms with Gasteiger partial charge in [0, 0.05) is 10.9 Å². The molecule has 1 saturated carbocycles. The molecule has 1 aromatic heterocycles. The summed E-state index contributed by atoms with van der Waals surface area (Å²) in [5.41, 5.74) is 6.85. The van der Waals surface area contributed by atoms with Crippen LogP contribution in [0.2, 0.25) is 0 Å². The van der Waals surface area contributed by atoms with E-state index >= 15 is 0 Å². The van der Waals surface area contributed by atoms with E-state index in [4.69, 9.17) is 10.5 Å². The van der Waals surface area contributed by atoms with Gasteiger partial charge < -0.3 is 15.8 Å². The lowest BCUT2D eigenvalue weighted by molar-refractivity contribution is 0.0991. The Morgan fingerprint density at radius 2 is 2.05 bits per heavy atom. The lowest BCUT2D eigenvalue weighted by Gasteiger charge is -2.13. The molecule has 0 bridgehead atoms. The van der Waals surface area contributed by atoms with Crippen molar-refractivity contribution in [2.24, 2.45) is 5.73 Å². The third kappa shape index (κ3) is 3.03. The van der Waals surface area contributed by atoms with Gasteiger partial charge in [-0.3, -0.25) is 10.1 Å². The second-order valence-corrected chi connectivity index (χ2v) is 6.56. The Morgan fingerprint density at radius 3 is 2.76 bits per heavy atom. The number of hydrogen-bond acceptors (Lipinski definition) is 4. The van der Waals surface area contributed by atoms with Crippen LogP contribution in [-0.2, 0) is 17.8 Å². The van der Waals surface area contributed by atoms with E-state index in [1.54, 1.807) is 0 Å². The molecule has 3 amide bonds. The van der Waals surface area contributed by atoms with Gasteiger partial charge in [-0.2, -0.15) is 0 Å². The Labute approximate surface area is 127 Å². The van der Waals surface area contributed by atoms with Crippen LogP contribution >= 0.6 is 11.3 Å². The molecule has 1 aromatic rings. The fourth-order valence-corrected chi connectivity index (χ4v) is 4.16. The summed E-state index contributed by atoms with van der Waals surface area (Å²) < 4.78 is 5.39. The molecule has 0 aromatic carbocycles. The molecule has 7 heteroatoms. The number of primary amides is 1. The highest BCUT2D eigenvalue weighted by molar-refractivity contribution is 7.17. The van der Waals surface area contributed by atoms with Crippen molar-refractivity contribution in [2.75, 3.05) is 11.9 Å². The topological polar surface area (TPSA) is 93.5 Å². The van der Waals surface area contributed by atoms with Gasteiger partial charge in [0.15, 0.2) is 0 Å². The number of anilines is 1. The van der Waals surface area contributed by atoms with E-state index < -0.39 is 5.91 Å². The molecule has 21 heavy (non-hydrogen) atoms. The van der Waals surface area contributed by atoms with Gasteiger partial charge in [-0.05, 0) is 24.8 Å². The molecule has 6 nitrogen and oxygen atoms in total. The average Bonchev–Trinajstić information content (AvgIpc) is 3.04. The molecular formula is C14H19N3O3S. The Kier molecular flexibility index (Phi) is 4.12. The molecule has 2 aliphatic rings. The number of urea groups is 1. The standard InChI is InChI=1S/C14H19N3O3S/c15-12(18)11-9-5-6-20-7-10(9)21-13(11)17-14(19)16-8-3-1-2-4-8/h8H,1-7H2,(H2,15,18)(H2,16,17,19). The molecule has 1 fully saturated rings. The van der Waals surface area contributed by atoms with Gasteiger partial charge in [0.25, 0.3) is 5.91 Å². The van der Waals surface area contributed by atoms with E-state index in [0.29, 0.717) is 30.2 Å². The van der Waals surface area contributed by atoms with E-state index in [-0.39, 0.29) is 12.1 Å². The summed E-state index contributed by atoms with van der Waals surface area (Å²) in [6, 6.07) is -0.0242. The molecule has 114 valence electrons. The summed E-state index contributed by atoms with van der Waals surface area (Å²) in [7, 11) is 0. The van der Waals surface area contributed by atoms with Crippen LogP contribution < -0.4 is 16.4 Å². The zero-order valence-corrected chi connectivity index (χ0v) is 12.6. The Morgan fingerprint density at radius 1 is 1.29 bits per heavy atom. The van der Waals surface area contributed by atoms with Crippen LogP contribution in [0.4, 0.5) is 9.80 Å². The maximum absolute atomic E-state index is 12.1. The zero-order valence-electron chi connectivity index (χ0n) is 11.7. The summed E-state index contributed by atoms with van der Waals surface area (Å²) in [5, 5.41) is 6.27. The van der Waals surface area contributed by atoms with Crippen molar-refractivity contribution in [1.29, 1.82) is 0 Å². The molecule has 1 aliphatic heterocycles. The van der Waals surface area contributed by atoms with E-state index in [9.17, 15) is 9.59 Å². The predicted molar refractivity (Wildman–Crippen MR) is 80.6 cm³/mol. The van der Waals surface area contributed by atoms with Crippen molar-refractivity contribution in [1.82, 2.24) is 5.32 Å². The molecule has 0 radical (unpaired) electrons. The first kappa shape index (κ1) is 14.3. The summed E-state index contributed by atoms with van der Waals surface area (Å²) in [6.45, 7) is 1.06. The van der Waals surface area contributed by atoms with Gasteiger partial charge in [0.05, 0.1) is 18.8 Å². The van der Waals surface area contributed by atoms with Crippen molar-refractivity contribution in [3.63, 3.8) is 0 Å². The minimum absolute atomic E-state index is 0.236. The van der Waals surface area contributed by atoms with E-state index in [0.717, 1.165) is 36.1 Å². The normalized spacial score (nSPS) is 18.3. The second-order valence-electron chi connectivity index (χ2n) is 5.45. The fraction of sp³-hybridized carbons (Fsp3) is 0.571. The molecule has 1 aliphatic carbocycles. The van der Waals surface area contributed by atoms with Crippen molar-refractivity contribution in [2.45, 2.75) is 44.8 Å². The van der Waals surface area contributed by atoms with Gasteiger partial charge >= 0.3 is 6.03 Å². The van der Waals surface area contributed by atoms with E-state index in [1.807, 2.05) is 0 Å². The molecule has 0 atom stereocenters.